The van der Waals surface area contributed by atoms with Crippen LogP contribution in [0, 0.1) is 5.92 Å². The molecular formula is C14H28N2OS. The number of hydrogen-bond acceptors (Lipinski definition) is 3. The SMILES string of the molecule is CCC(C)C(=O)N1CCN(C(C)SC(C)C)CC1. The number of hydrogen-bond donors (Lipinski definition) is 0. The van der Waals surface area contributed by atoms with Crippen LogP contribution >= 0.6 is 11.8 Å². The lowest BCUT2D eigenvalue weighted by Gasteiger charge is -2.39. The van der Waals surface area contributed by atoms with E-state index in [-0.39, 0.29) is 5.92 Å². The van der Waals surface area contributed by atoms with Gasteiger partial charge >= 0.3 is 0 Å². The van der Waals surface area contributed by atoms with Crippen molar-refractivity contribution in [2.45, 2.75) is 51.7 Å². The minimum Gasteiger partial charge on any atom is -0.340 e. The molecule has 2 unspecified atom stereocenters. The van der Waals surface area contributed by atoms with Crippen LogP contribution in [0.15, 0.2) is 0 Å². The maximum Gasteiger partial charge on any atom is 0.225 e. The quantitative estimate of drug-likeness (QED) is 0.769. The minimum absolute atomic E-state index is 0.180. The monoisotopic (exact) mass is 272 g/mol. The second-order valence-electron chi connectivity index (χ2n) is 5.45. The lowest BCUT2D eigenvalue weighted by Crippen LogP contribution is -2.51. The standard InChI is InChI=1S/C14H28N2OS/c1-6-12(4)14(17)16-9-7-15(8-10-16)13(5)18-11(2)3/h11-13H,6-10H2,1-5H3. The second kappa shape index (κ2) is 7.39. The average molecular weight is 272 g/mol. The van der Waals surface area contributed by atoms with Crippen LogP contribution < -0.4 is 0 Å². The number of carbonyl (C=O) groups is 1. The molecule has 1 amide bonds. The zero-order chi connectivity index (χ0) is 13.7. The van der Waals surface area contributed by atoms with Crippen molar-refractivity contribution >= 4 is 17.7 Å². The molecule has 0 radical (unpaired) electrons. The summed E-state index contributed by atoms with van der Waals surface area (Å²) in [6.45, 7) is 14.7. The molecule has 0 aromatic heterocycles. The normalized spacial score (nSPS) is 21.1. The molecule has 0 aromatic carbocycles. The van der Waals surface area contributed by atoms with Gasteiger partial charge in [0.25, 0.3) is 0 Å². The van der Waals surface area contributed by atoms with E-state index in [1.54, 1.807) is 0 Å². The van der Waals surface area contributed by atoms with Gasteiger partial charge in [-0.15, -0.1) is 11.8 Å². The van der Waals surface area contributed by atoms with E-state index in [1.807, 2.05) is 23.6 Å². The van der Waals surface area contributed by atoms with Gasteiger partial charge in [-0.3, -0.25) is 9.69 Å². The summed E-state index contributed by atoms with van der Waals surface area (Å²) in [5.41, 5.74) is 0. The molecule has 0 N–H and O–H groups in total. The fraction of sp³-hybridized carbons (Fsp3) is 0.929. The highest BCUT2D eigenvalue weighted by Crippen LogP contribution is 2.22. The molecule has 0 spiro atoms. The highest BCUT2D eigenvalue weighted by Gasteiger charge is 2.26. The lowest BCUT2D eigenvalue weighted by molar-refractivity contribution is -0.136. The number of carbonyl (C=O) groups excluding carboxylic acids is 1. The van der Waals surface area contributed by atoms with Crippen molar-refractivity contribution in [2.24, 2.45) is 5.92 Å². The summed E-state index contributed by atoms with van der Waals surface area (Å²) in [4.78, 5) is 16.6. The van der Waals surface area contributed by atoms with Crippen molar-refractivity contribution in [3.63, 3.8) is 0 Å². The largest absolute Gasteiger partial charge is 0.340 e. The maximum atomic E-state index is 12.1. The van der Waals surface area contributed by atoms with Gasteiger partial charge in [0.2, 0.25) is 5.91 Å². The number of thioether (sulfide) groups is 1. The molecule has 0 aliphatic carbocycles. The van der Waals surface area contributed by atoms with Crippen molar-refractivity contribution in [3.8, 4) is 0 Å². The Morgan fingerprint density at radius 3 is 2.11 bits per heavy atom. The van der Waals surface area contributed by atoms with Gasteiger partial charge in [0.05, 0.1) is 5.37 Å². The third-order valence-electron chi connectivity index (χ3n) is 3.64. The summed E-state index contributed by atoms with van der Waals surface area (Å²) < 4.78 is 0. The number of amides is 1. The topological polar surface area (TPSA) is 23.6 Å². The first-order chi connectivity index (χ1) is 8.45. The molecule has 1 rings (SSSR count). The van der Waals surface area contributed by atoms with E-state index in [0.717, 1.165) is 32.6 Å². The van der Waals surface area contributed by atoms with Crippen LogP contribution in [-0.2, 0) is 4.79 Å². The van der Waals surface area contributed by atoms with E-state index >= 15 is 0 Å². The molecule has 2 atom stereocenters. The Balaban J connectivity index is 2.39. The van der Waals surface area contributed by atoms with Crippen molar-refractivity contribution in [2.75, 3.05) is 26.2 Å². The number of piperazine rings is 1. The van der Waals surface area contributed by atoms with Gasteiger partial charge in [0, 0.05) is 37.3 Å². The van der Waals surface area contributed by atoms with Gasteiger partial charge in [-0.1, -0.05) is 27.7 Å². The van der Waals surface area contributed by atoms with Crippen molar-refractivity contribution in [3.05, 3.63) is 0 Å². The van der Waals surface area contributed by atoms with E-state index in [0.29, 0.717) is 16.5 Å². The van der Waals surface area contributed by atoms with E-state index in [9.17, 15) is 4.79 Å². The Labute approximate surface area is 116 Å². The molecule has 1 heterocycles. The lowest BCUT2D eigenvalue weighted by atomic mass is 10.1. The third-order valence-corrected chi connectivity index (χ3v) is 4.88. The first kappa shape index (κ1) is 15.8. The minimum atomic E-state index is 0.180. The summed E-state index contributed by atoms with van der Waals surface area (Å²) in [7, 11) is 0. The summed E-state index contributed by atoms with van der Waals surface area (Å²) in [6, 6.07) is 0. The van der Waals surface area contributed by atoms with Crippen molar-refractivity contribution in [1.82, 2.24) is 9.80 Å². The fourth-order valence-electron chi connectivity index (χ4n) is 2.27. The van der Waals surface area contributed by atoms with Crippen LogP contribution in [0.5, 0.6) is 0 Å². The first-order valence-electron chi connectivity index (χ1n) is 7.14. The molecule has 3 nitrogen and oxygen atoms in total. The van der Waals surface area contributed by atoms with Crippen LogP contribution in [0.3, 0.4) is 0 Å². The van der Waals surface area contributed by atoms with E-state index in [2.05, 4.69) is 32.6 Å². The molecule has 1 fully saturated rings. The molecule has 1 saturated heterocycles. The smallest absolute Gasteiger partial charge is 0.225 e. The second-order valence-corrected chi connectivity index (χ2v) is 7.35. The van der Waals surface area contributed by atoms with Crippen LogP contribution in [0.2, 0.25) is 0 Å². The molecule has 0 aromatic rings. The van der Waals surface area contributed by atoms with Gasteiger partial charge in [-0.2, -0.15) is 0 Å². The van der Waals surface area contributed by atoms with Crippen LogP contribution in [0.25, 0.3) is 0 Å². The van der Waals surface area contributed by atoms with Crippen LogP contribution in [-0.4, -0.2) is 52.5 Å². The Hall–Kier alpha value is -0.220. The zero-order valence-electron chi connectivity index (χ0n) is 12.5. The van der Waals surface area contributed by atoms with Gasteiger partial charge in [0.15, 0.2) is 0 Å². The third kappa shape index (κ3) is 4.47. The van der Waals surface area contributed by atoms with Crippen molar-refractivity contribution < 1.29 is 4.79 Å². The predicted octanol–water partition coefficient (Wildman–Crippen LogP) is 2.66. The molecule has 4 heteroatoms. The van der Waals surface area contributed by atoms with Crippen LogP contribution in [0.4, 0.5) is 0 Å². The summed E-state index contributed by atoms with van der Waals surface area (Å²) in [5, 5.41) is 1.23. The van der Waals surface area contributed by atoms with Gasteiger partial charge in [0.1, 0.15) is 0 Å². The summed E-state index contributed by atoms with van der Waals surface area (Å²) >= 11 is 2.00. The van der Waals surface area contributed by atoms with E-state index in [4.69, 9.17) is 0 Å². The zero-order valence-corrected chi connectivity index (χ0v) is 13.3. The Morgan fingerprint density at radius 1 is 1.11 bits per heavy atom. The van der Waals surface area contributed by atoms with E-state index < -0.39 is 0 Å². The molecule has 1 aliphatic rings. The molecule has 0 saturated carbocycles. The summed E-state index contributed by atoms with van der Waals surface area (Å²) in [6.07, 6.45) is 0.943. The highest BCUT2D eigenvalue weighted by molar-refractivity contribution is 8.00. The highest BCUT2D eigenvalue weighted by atomic mass is 32.2. The van der Waals surface area contributed by atoms with Gasteiger partial charge in [-0.05, 0) is 13.3 Å². The van der Waals surface area contributed by atoms with Crippen LogP contribution in [0.1, 0.15) is 41.0 Å². The predicted molar refractivity (Wildman–Crippen MR) is 79.8 cm³/mol. The molecule has 1 aliphatic heterocycles. The molecule has 106 valence electrons. The Morgan fingerprint density at radius 2 is 1.67 bits per heavy atom. The number of rotatable bonds is 5. The van der Waals surface area contributed by atoms with E-state index in [1.165, 1.54) is 0 Å². The average Bonchev–Trinajstić information content (AvgIpc) is 2.36. The summed E-state index contributed by atoms with van der Waals surface area (Å²) in [5.74, 6) is 0.514. The van der Waals surface area contributed by atoms with Gasteiger partial charge < -0.3 is 4.90 Å². The molecule has 0 bridgehead atoms. The van der Waals surface area contributed by atoms with Gasteiger partial charge in [-0.25, -0.2) is 0 Å². The molecule has 18 heavy (non-hydrogen) atoms. The Kier molecular flexibility index (Phi) is 6.50. The fourth-order valence-corrected chi connectivity index (χ4v) is 3.44. The van der Waals surface area contributed by atoms with Crippen molar-refractivity contribution in [1.29, 1.82) is 0 Å². The Bertz CT molecular complexity index is 263. The number of nitrogens with zero attached hydrogens (tertiary/aromatic N) is 2. The molecular weight excluding hydrogens is 244 g/mol. The maximum absolute atomic E-state index is 12.1. The first-order valence-corrected chi connectivity index (χ1v) is 8.08.